The summed E-state index contributed by atoms with van der Waals surface area (Å²) in [4.78, 5) is 0. The maximum Gasteiger partial charge on any atom is 0.122 e. The van der Waals surface area contributed by atoms with Crippen molar-refractivity contribution in [2.24, 2.45) is 0 Å². The van der Waals surface area contributed by atoms with Crippen LogP contribution < -0.4 is 5.43 Å². The summed E-state index contributed by atoms with van der Waals surface area (Å²) in [5.74, 6) is 0. The van der Waals surface area contributed by atoms with Crippen molar-refractivity contribution in [2.75, 3.05) is 13.1 Å². The molecule has 1 aliphatic rings. The molecule has 0 bridgehead atoms. The molecule has 0 aromatic rings. The number of hydrazine groups is 1. The van der Waals surface area contributed by atoms with Crippen LogP contribution in [0.15, 0.2) is 0 Å². The highest BCUT2D eigenvalue weighted by Crippen LogP contribution is 2.08. The first-order valence-electron chi connectivity index (χ1n) is 4.33. The van der Waals surface area contributed by atoms with Gasteiger partial charge in [0.05, 0.1) is 0 Å². The molecule has 0 aromatic carbocycles. The van der Waals surface area contributed by atoms with E-state index < -0.39 is 5.72 Å². The van der Waals surface area contributed by atoms with Gasteiger partial charge in [-0.25, -0.2) is 10.4 Å². The van der Waals surface area contributed by atoms with Crippen molar-refractivity contribution in [1.82, 2.24) is 10.4 Å². The Balaban J connectivity index is 2.24. The molecule has 1 saturated heterocycles. The van der Waals surface area contributed by atoms with Crippen LogP contribution in [0.25, 0.3) is 0 Å². The van der Waals surface area contributed by atoms with Crippen LogP contribution in [0.4, 0.5) is 0 Å². The van der Waals surface area contributed by atoms with Crippen molar-refractivity contribution < 1.29 is 5.11 Å². The smallest absolute Gasteiger partial charge is 0.122 e. The van der Waals surface area contributed by atoms with Gasteiger partial charge in [0.25, 0.3) is 0 Å². The molecule has 0 spiro atoms. The van der Waals surface area contributed by atoms with E-state index in [2.05, 4.69) is 10.4 Å². The Bertz CT molecular complexity index is 114. The first-order chi connectivity index (χ1) is 5.08. The molecule has 1 heterocycles. The number of nitrogens with zero attached hydrogens (tertiary/aromatic N) is 1. The molecule has 11 heavy (non-hydrogen) atoms. The molecule has 1 aliphatic heterocycles. The van der Waals surface area contributed by atoms with Gasteiger partial charge < -0.3 is 5.11 Å². The lowest BCUT2D eigenvalue weighted by molar-refractivity contribution is -0.0413. The van der Waals surface area contributed by atoms with Crippen LogP contribution in [-0.4, -0.2) is 28.9 Å². The van der Waals surface area contributed by atoms with E-state index in [1.54, 1.807) is 13.8 Å². The van der Waals surface area contributed by atoms with Gasteiger partial charge in [0.1, 0.15) is 5.72 Å². The molecule has 0 aromatic heterocycles. The van der Waals surface area contributed by atoms with Gasteiger partial charge in [-0.15, -0.1) is 0 Å². The second-order valence-corrected chi connectivity index (χ2v) is 3.72. The number of aliphatic hydroxyl groups is 1. The Kier molecular flexibility index (Phi) is 2.87. The van der Waals surface area contributed by atoms with Crippen LogP contribution >= 0.6 is 0 Å². The zero-order chi connectivity index (χ0) is 8.32. The van der Waals surface area contributed by atoms with E-state index in [4.69, 9.17) is 0 Å². The zero-order valence-corrected chi connectivity index (χ0v) is 7.43. The van der Waals surface area contributed by atoms with E-state index in [9.17, 15) is 5.11 Å². The third-order valence-electron chi connectivity index (χ3n) is 1.79. The molecule has 2 N–H and O–H groups in total. The van der Waals surface area contributed by atoms with Gasteiger partial charge in [0, 0.05) is 13.1 Å². The van der Waals surface area contributed by atoms with Crippen LogP contribution in [0.1, 0.15) is 33.1 Å². The molecular weight excluding hydrogens is 140 g/mol. The van der Waals surface area contributed by atoms with Crippen LogP contribution in [-0.2, 0) is 0 Å². The minimum absolute atomic E-state index is 0.767. The molecule has 1 rings (SSSR count). The molecule has 0 atom stereocenters. The number of hydrogen-bond donors (Lipinski definition) is 2. The highest BCUT2D eigenvalue weighted by Gasteiger charge is 2.17. The molecular formula is C8H18N2O. The van der Waals surface area contributed by atoms with Crippen molar-refractivity contribution in [3.63, 3.8) is 0 Å². The summed E-state index contributed by atoms with van der Waals surface area (Å²) in [7, 11) is 0. The summed E-state index contributed by atoms with van der Waals surface area (Å²) in [5.41, 5.74) is 2.28. The Morgan fingerprint density at radius 2 is 1.73 bits per heavy atom. The van der Waals surface area contributed by atoms with Gasteiger partial charge in [-0.05, 0) is 26.7 Å². The predicted molar refractivity (Wildman–Crippen MR) is 44.9 cm³/mol. The molecule has 66 valence electrons. The summed E-state index contributed by atoms with van der Waals surface area (Å²) in [6.07, 6.45) is 3.80. The van der Waals surface area contributed by atoms with E-state index >= 15 is 0 Å². The fourth-order valence-corrected chi connectivity index (χ4v) is 1.39. The molecule has 1 fully saturated rings. The zero-order valence-electron chi connectivity index (χ0n) is 7.43. The SMILES string of the molecule is CC(C)(O)NN1CCCCC1. The van der Waals surface area contributed by atoms with E-state index in [0.717, 1.165) is 13.1 Å². The van der Waals surface area contributed by atoms with Crippen LogP contribution in [0.3, 0.4) is 0 Å². The van der Waals surface area contributed by atoms with Gasteiger partial charge in [-0.2, -0.15) is 0 Å². The Hall–Kier alpha value is -0.120. The highest BCUT2D eigenvalue weighted by molar-refractivity contribution is 4.65. The molecule has 3 heteroatoms. The first kappa shape index (κ1) is 8.97. The lowest BCUT2D eigenvalue weighted by Gasteiger charge is -2.33. The monoisotopic (exact) mass is 158 g/mol. The topological polar surface area (TPSA) is 35.5 Å². The third-order valence-corrected chi connectivity index (χ3v) is 1.79. The van der Waals surface area contributed by atoms with Crippen LogP contribution in [0.5, 0.6) is 0 Å². The molecule has 0 aliphatic carbocycles. The quantitative estimate of drug-likeness (QED) is 0.581. The predicted octanol–water partition coefficient (Wildman–Crippen LogP) is 0.705. The molecule has 0 radical (unpaired) electrons. The summed E-state index contributed by atoms with van der Waals surface area (Å²) < 4.78 is 0. The third kappa shape index (κ3) is 3.70. The van der Waals surface area contributed by atoms with Gasteiger partial charge in [0.15, 0.2) is 0 Å². The number of rotatable bonds is 2. The molecule has 0 amide bonds. The summed E-state index contributed by atoms with van der Waals surface area (Å²) in [5, 5.41) is 11.5. The van der Waals surface area contributed by atoms with Crippen LogP contribution in [0, 0.1) is 0 Å². The Morgan fingerprint density at radius 3 is 2.18 bits per heavy atom. The lowest BCUT2D eigenvalue weighted by atomic mass is 10.2. The average molecular weight is 158 g/mol. The average Bonchev–Trinajstić information content (AvgIpc) is 1.85. The number of hydrogen-bond acceptors (Lipinski definition) is 3. The van der Waals surface area contributed by atoms with E-state index in [0.29, 0.717) is 0 Å². The van der Waals surface area contributed by atoms with Crippen molar-refractivity contribution in [3.05, 3.63) is 0 Å². The van der Waals surface area contributed by atoms with Crippen LogP contribution in [0.2, 0.25) is 0 Å². The van der Waals surface area contributed by atoms with E-state index in [-0.39, 0.29) is 0 Å². The summed E-state index contributed by atoms with van der Waals surface area (Å²) in [6, 6.07) is 0. The van der Waals surface area contributed by atoms with Gasteiger partial charge >= 0.3 is 0 Å². The normalized spacial score (nSPS) is 22.1. The maximum atomic E-state index is 9.42. The van der Waals surface area contributed by atoms with Gasteiger partial charge in [-0.3, -0.25) is 0 Å². The second kappa shape index (κ2) is 3.52. The first-order valence-corrected chi connectivity index (χ1v) is 4.33. The fourth-order valence-electron chi connectivity index (χ4n) is 1.39. The van der Waals surface area contributed by atoms with E-state index in [1.807, 2.05) is 0 Å². The van der Waals surface area contributed by atoms with Gasteiger partial charge in [0.2, 0.25) is 0 Å². The summed E-state index contributed by atoms with van der Waals surface area (Å²) >= 11 is 0. The Labute approximate surface area is 68.4 Å². The molecule has 0 unspecified atom stereocenters. The van der Waals surface area contributed by atoms with Crippen molar-refractivity contribution in [1.29, 1.82) is 0 Å². The van der Waals surface area contributed by atoms with E-state index in [1.165, 1.54) is 19.3 Å². The molecule has 3 nitrogen and oxygen atoms in total. The minimum atomic E-state index is -0.767. The van der Waals surface area contributed by atoms with Crippen molar-refractivity contribution >= 4 is 0 Å². The largest absolute Gasteiger partial charge is 0.375 e. The molecule has 0 saturated carbocycles. The number of nitrogens with one attached hydrogen (secondary N) is 1. The highest BCUT2D eigenvalue weighted by atomic mass is 16.3. The van der Waals surface area contributed by atoms with Gasteiger partial charge in [-0.1, -0.05) is 6.42 Å². The Morgan fingerprint density at radius 1 is 1.18 bits per heavy atom. The second-order valence-electron chi connectivity index (χ2n) is 3.72. The number of piperidine rings is 1. The fraction of sp³-hybridized carbons (Fsp3) is 1.00. The maximum absolute atomic E-state index is 9.42. The standard InChI is InChI=1S/C8H18N2O/c1-8(2,11)9-10-6-4-3-5-7-10/h9,11H,3-7H2,1-2H3. The lowest BCUT2D eigenvalue weighted by Crippen LogP contribution is -2.52. The van der Waals surface area contributed by atoms with Crippen molar-refractivity contribution in [2.45, 2.75) is 38.8 Å². The summed E-state index contributed by atoms with van der Waals surface area (Å²) in [6.45, 7) is 5.65. The minimum Gasteiger partial charge on any atom is -0.375 e. The van der Waals surface area contributed by atoms with Crippen molar-refractivity contribution in [3.8, 4) is 0 Å².